The van der Waals surface area contributed by atoms with Crippen LogP contribution >= 0.6 is 0 Å². The first-order chi connectivity index (χ1) is 7.88. The molecule has 0 atom stereocenters. The Morgan fingerprint density at radius 1 is 1.44 bits per heavy atom. The first-order valence-corrected chi connectivity index (χ1v) is 6.16. The van der Waals surface area contributed by atoms with Gasteiger partial charge >= 0.3 is 0 Å². The lowest BCUT2D eigenvalue weighted by Crippen LogP contribution is -2.04. The normalized spacial score (nSPS) is 15.1. The largest absolute Gasteiger partial charge is 0.375 e. The molecule has 0 amide bonds. The van der Waals surface area contributed by atoms with Gasteiger partial charge in [-0.1, -0.05) is 13.0 Å². The van der Waals surface area contributed by atoms with Crippen LogP contribution in [0.4, 0.5) is 5.82 Å². The standard InChI is InChI=1S/C13H20N2O/c1-2-8-14-13-5-3-4-12(15-13)10-16-9-11-6-7-11/h3-5,11H,2,6-10H2,1H3,(H,14,15). The summed E-state index contributed by atoms with van der Waals surface area (Å²) in [6.07, 6.45) is 3.79. The van der Waals surface area contributed by atoms with Crippen molar-refractivity contribution >= 4 is 5.82 Å². The Morgan fingerprint density at radius 2 is 2.31 bits per heavy atom. The highest BCUT2D eigenvalue weighted by Crippen LogP contribution is 2.29. The molecule has 0 aromatic carbocycles. The highest BCUT2D eigenvalue weighted by Gasteiger charge is 2.21. The Balaban J connectivity index is 1.77. The van der Waals surface area contributed by atoms with E-state index in [-0.39, 0.29) is 0 Å². The molecule has 3 nitrogen and oxygen atoms in total. The minimum atomic E-state index is 0.637. The third kappa shape index (κ3) is 3.81. The van der Waals surface area contributed by atoms with Crippen LogP contribution in [-0.4, -0.2) is 18.1 Å². The second-order valence-corrected chi connectivity index (χ2v) is 4.40. The summed E-state index contributed by atoms with van der Waals surface area (Å²) in [6, 6.07) is 6.05. The molecule has 1 aliphatic rings. The molecular formula is C13H20N2O. The molecule has 2 rings (SSSR count). The summed E-state index contributed by atoms with van der Waals surface area (Å²) in [5.41, 5.74) is 1.02. The van der Waals surface area contributed by atoms with Crippen LogP contribution in [0.2, 0.25) is 0 Å². The molecule has 1 N–H and O–H groups in total. The van der Waals surface area contributed by atoms with Gasteiger partial charge in [-0.05, 0) is 37.3 Å². The Morgan fingerprint density at radius 3 is 3.06 bits per heavy atom. The zero-order valence-electron chi connectivity index (χ0n) is 9.91. The van der Waals surface area contributed by atoms with Crippen molar-refractivity contribution in [1.82, 2.24) is 4.98 Å². The van der Waals surface area contributed by atoms with Gasteiger partial charge in [0.05, 0.1) is 12.3 Å². The van der Waals surface area contributed by atoms with Gasteiger partial charge in [0.1, 0.15) is 5.82 Å². The van der Waals surface area contributed by atoms with Crippen LogP contribution in [0.1, 0.15) is 31.9 Å². The molecule has 1 fully saturated rings. The average molecular weight is 220 g/mol. The summed E-state index contributed by atoms with van der Waals surface area (Å²) in [5.74, 6) is 1.77. The van der Waals surface area contributed by atoms with Crippen molar-refractivity contribution in [3.8, 4) is 0 Å². The molecule has 1 aliphatic carbocycles. The summed E-state index contributed by atoms with van der Waals surface area (Å²) in [6.45, 7) is 4.65. The molecule has 1 aromatic rings. The van der Waals surface area contributed by atoms with E-state index >= 15 is 0 Å². The number of nitrogens with zero attached hydrogens (tertiary/aromatic N) is 1. The number of hydrogen-bond acceptors (Lipinski definition) is 3. The van der Waals surface area contributed by atoms with Crippen molar-refractivity contribution < 1.29 is 4.74 Å². The van der Waals surface area contributed by atoms with Gasteiger partial charge in [-0.15, -0.1) is 0 Å². The van der Waals surface area contributed by atoms with Crippen LogP contribution < -0.4 is 5.32 Å². The van der Waals surface area contributed by atoms with Gasteiger partial charge in [-0.25, -0.2) is 4.98 Å². The minimum Gasteiger partial charge on any atom is -0.375 e. The fourth-order valence-electron chi connectivity index (χ4n) is 1.53. The Kier molecular flexibility index (Phi) is 4.17. The molecule has 0 radical (unpaired) electrons. The third-order valence-electron chi connectivity index (χ3n) is 2.66. The van der Waals surface area contributed by atoms with E-state index in [9.17, 15) is 0 Å². The molecule has 0 bridgehead atoms. The van der Waals surface area contributed by atoms with Crippen molar-refractivity contribution in [2.75, 3.05) is 18.5 Å². The predicted molar refractivity (Wildman–Crippen MR) is 65.4 cm³/mol. The number of aromatic nitrogens is 1. The topological polar surface area (TPSA) is 34.1 Å². The van der Waals surface area contributed by atoms with Gasteiger partial charge in [0.25, 0.3) is 0 Å². The number of pyridine rings is 1. The van der Waals surface area contributed by atoms with E-state index in [1.807, 2.05) is 18.2 Å². The highest BCUT2D eigenvalue weighted by atomic mass is 16.5. The van der Waals surface area contributed by atoms with E-state index in [1.165, 1.54) is 12.8 Å². The van der Waals surface area contributed by atoms with Crippen LogP contribution in [-0.2, 0) is 11.3 Å². The predicted octanol–water partition coefficient (Wildman–Crippen LogP) is 2.83. The molecule has 16 heavy (non-hydrogen) atoms. The fraction of sp³-hybridized carbons (Fsp3) is 0.615. The molecule has 1 aromatic heterocycles. The molecule has 0 unspecified atom stereocenters. The van der Waals surface area contributed by atoms with E-state index in [4.69, 9.17) is 4.74 Å². The number of anilines is 1. The zero-order valence-corrected chi connectivity index (χ0v) is 9.91. The maximum Gasteiger partial charge on any atom is 0.126 e. The summed E-state index contributed by atoms with van der Waals surface area (Å²) in [4.78, 5) is 4.49. The van der Waals surface area contributed by atoms with Crippen LogP contribution in [0.25, 0.3) is 0 Å². The van der Waals surface area contributed by atoms with Crippen molar-refractivity contribution in [2.45, 2.75) is 32.8 Å². The van der Waals surface area contributed by atoms with Gasteiger partial charge < -0.3 is 10.1 Å². The SMILES string of the molecule is CCCNc1cccc(COCC2CC2)n1. The molecule has 88 valence electrons. The molecular weight excluding hydrogens is 200 g/mol. The van der Waals surface area contributed by atoms with Crippen molar-refractivity contribution in [3.05, 3.63) is 23.9 Å². The molecule has 1 saturated carbocycles. The smallest absolute Gasteiger partial charge is 0.126 e. The summed E-state index contributed by atoms with van der Waals surface area (Å²) >= 11 is 0. The minimum absolute atomic E-state index is 0.637. The molecule has 0 spiro atoms. The number of hydrogen-bond donors (Lipinski definition) is 1. The highest BCUT2D eigenvalue weighted by molar-refractivity contribution is 5.34. The Labute approximate surface area is 97.2 Å². The van der Waals surface area contributed by atoms with Crippen LogP contribution in [0.5, 0.6) is 0 Å². The Bertz CT molecular complexity index is 323. The fourth-order valence-corrected chi connectivity index (χ4v) is 1.53. The van der Waals surface area contributed by atoms with Crippen LogP contribution in [0.15, 0.2) is 18.2 Å². The van der Waals surface area contributed by atoms with Crippen molar-refractivity contribution in [1.29, 1.82) is 0 Å². The van der Waals surface area contributed by atoms with Gasteiger partial charge in [0, 0.05) is 13.2 Å². The number of rotatable bonds is 7. The van der Waals surface area contributed by atoms with Crippen molar-refractivity contribution in [2.24, 2.45) is 5.92 Å². The first kappa shape index (κ1) is 11.4. The van der Waals surface area contributed by atoms with Gasteiger partial charge in [0.2, 0.25) is 0 Å². The Hall–Kier alpha value is -1.09. The van der Waals surface area contributed by atoms with E-state index in [0.29, 0.717) is 6.61 Å². The molecule has 1 heterocycles. The lowest BCUT2D eigenvalue weighted by Gasteiger charge is -2.06. The van der Waals surface area contributed by atoms with Crippen molar-refractivity contribution in [3.63, 3.8) is 0 Å². The van der Waals surface area contributed by atoms with Gasteiger partial charge in [-0.3, -0.25) is 0 Å². The van der Waals surface area contributed by atoms with E-state index in [2.05, 4.69) is 17.2 Å². The van der Waals surface area contributed by atoms with E-state index in [1.54, 1.807) is 0 Å². The quantitative estimate of drug-likeness (QED) is 0.767. The maximum absolute atomic E-state index is 5.61. The molecule has 3 heteroatoms. The van der Waals surface area contributed by atoms with Gasteiger partial charge in [-0.2, -0.15) is 0 Å². The van der Waals surface area contributed by atoms with E-state index < -0.39 is 0 Å². The second-order valence-electron chi connectivity index (χ2n) is 4.40. The third-order valence-corrected chi connectivity index (χ3v) is 2.66. The lowest BCUT2D eigenvalue weighted by molar-refractivity contribution is 0.109. The number of ether oxygens (including phenoxy) is 1. The zero-order chi connectivity index (χ0) is 11.2. The lowest BCUT2D eigenvalue weighted by atomic mass is 10.3. The number of nitrogens with one attached hydrogen (secondary N) is 1. The van der Waals surface area contributed by atoms with Crippen LogP contribution in [0, 0.1) is 5.92 Å². The summed E-state index contributed by atoms with van der Waals surface area (Å²) in [7, 11) is 0. The molecule has 0 aliphatic heterocycles. The summed E-state index contributed by atoms with van der Waals surface area (Å²) < 4.78 is 5.61. The summed E-state index contributed by atoms with van der Waals surface area (Å²) in [5, 5.41) is 3.28. The maximum atomic E-state index is 5.61. The molecule has 0 saturated heterocycles. The average Bonchev–Trinajstić information content (AvgIpc) is 3.11. The monoisotopic (exact) mass is 220 g/mol. The first-order valence-electron chi connectivity index (χ1n) is 6.16. The van der Waals surface area contributed by atoms with E-state index in [0.717, 1.165) is 37.0 Å². The van der Waals surface area contributed by atoms with Gasteiger partial charge in [0.15, 0.2) is 0 Å². The van der Waals surface area contributed by atoms with Crippen LogP contribution in [0.3, 0.4) is 0 Å². The second kappa shape index (κ2) is 5.85.